The molecular formula is C19H15FN4O3. The summed E-state index contributed by atoms with van der Waals surface area (Å²) >= 11 is 0. The van der Waals surface area contributed by atoms with E-state index in [2.05, 4.69) is 20.6 Å². The summed E-state index contributed by atoms with van der Waals surface area (Å²) in [7, 11) is 1.26. The number of esters is 1. The Hall–Kier alpha value is -3.81. The number of aromatic nitrogens is 2. The Morgan fingerprint density at radius 2 is 1.89 bits per heavy atom. The average molecular weight is 366 g/mol. The normalized spacial score (nSPS) is 10.1. The van der Waals surface area contributed by atoms with Gasteiger partial charge in [0.1, 0.15) is 11.5 Å². The Bertz CT molecular complexity index is 994. The van der Waals surface area contributed by atoms with Crippen molar-refractivity contribution in [2.45, 2.75) is 0 Å². The van der Waals surface area contributed by atoms with Crippen molar-refractivity contribution in [3.8, 4) is 0 Å². The predicted molar refractivity (Wildman–Crippen MR) is 97.4 cm³/mol. The van der Waals surface area contributed by atoms with Crippen LogP contribution >= 0.6 is 0 Å². The van der Waals surface area contributed by atoms with Crippen molar-refractivity contribution >= 4 is 29.2 Å². The molecule has 0 aliphatic rings. The van der Waals surface area contributed by atoms with Gasteiger partial charge in [0.25, 0.3) is 5.91 Å². The van der Waals surface area contributed by atoms with Gasteiger partial charge in [-0.05, 0) is 36.4 Å². The number of benzene rings is 2. The fourth-order valence-electron chi connectivity index (χ4n) is 2.31. The van der Waals surface area contributed by atoms with Crippen molar-refractivity contribution in [2.24, 2.45) is 0 Å². The third-order valence-electron chi connectivity index (χ3n) is 3.55. The maximum atomic E-state index is 13.3. The van der Waals surface area contributed by atoms with Gasteiger partial charge in [0.15, 0.2) is 0 Å². The number of para-hydroxylation sites is 1. The van der Waals surface area contributed by atoms with Crippen molar-refractivity contribution in [1.29, 1.82) is 0 Å². The maximum absolute atomic E-state index is 13.3. The number of carbonyl (C=O) groups excluding carboxylic acids is 2. The summed E-state index contributed by atoms with van der Waals surface area (Å²) in [6.45, 7) is 0. The van der Waals surface area contributed by atoms with E-state index in [1.165, 1.54) is 37.6 Å². The number of hydrogen-bond donors (Lipinski definition) is 2. The van der Waals surface area contributed by atoms with Crippen LogP contribution in [0, 0.1) is 5.82 Å². The predicted octanol–water partition coefficient (Wildman–Crippen LogP) is 3.40. The van der Waals surface area contributed by atoms with Gasteiger partial charge >= 0.3 is 5.97 Å². The number of nitrogens with zero attached hydrogens (tertiary/aromatic N) is 2. The molecule has 0 radical (unpaired) electrons. The third kappa shape index (κ3) is 4.43. The molecule has 2 N–H and O–H groups in total. The second-order valence-corrected chi connectivity index (χ2v) is 5.39. The first kappa shape index (κ1) is 18.0. The zero-order valence-electron chi connectivity index (χ0n) is 14.3. The van der Waals surface area contributed by atoms with Gasteiger partial charge in [-0.15, -0.1) is 0 Å². The molecule has 8 heteroatoms. The number of rotatable bonds is 5. The van der Waals surface area contributed by atoms with Gasteiger partial charge in [0.05, 0.1) is 18.4 Å². The molecule has 3 rings (SSSR count). The molecule has 0 aliphatic carbocycles. The number of nitrogens with one attached hydrogen (secondary N) is 2. The number of halogens is 1. The summed E-state index contributed by atoms with van der Waals surface area (Å²) < 4.78 is 18.0. The molecule has 0 aliphatic heterocycles. The quantitative estimate of drug-likeness (QED) is 0.672. The molecule has 0 saturated carbocycles. The second kappa shape index (κ2) is 8.05. The minimum atomic E-state index is -0.568. The van der Waals surface area contributed by atoms with Gasteiger partial charge < -0.3 is 15.4 Å². The largest absolute Gasteiger partial charge is 0.465 e. The highest BCUT2D eigenvalue weighted by Gasteiger charge is 2.15. The van der Waals surface area contributed by atoms with E-state index in [4.69, 9.17) is 4.74 Å². The zero-order valence-corrected chi connectivity index (χ0v) is 14.3. The summed E-state index contributed by atoms with van der Waals surface area (Å²) in [5.41, 5.74) is 1.04. The van der Waals surface area contributed by atoms with Crippen molar-refractivity contribution in [3.63, 3.8) is 0 Å². The maximum Gasteiger partial charge on any atom is 0.339 e. The first-order chi connectivity index (χ1) is 13.1. The lowest BCUT2D eigenvalue weighted by Gasteiger charge is -2.10. The molecule has 0 fully saturated rings. The minimum absolute atomic E-state index is 0.0728. The van der Waals surface area contributed by atoms with E-state index in [1.807, 2.05) is 0 Å². The summed E-state index contributed by atoms with van der Waals surface area (Å²) in [5.74, 6) is -1.37. The number of anilines is 3. The number of amides is 1. The molecule has 27 heavy (non-hydrogen) atoms. The number of hydrogen-bond acceptors (Lipinski definition) is 6. The third-order valence-corrected chi connectivity index (χ3v) is 3.55. The van der Waals surface area contributed by atoms with Crippen LogP contribution in [0.1, 0.15) is 20.8 Å². The van der Waals surface area contributed by atoms with Gasteiger partial charge in [0.2, 0.25) is 5.95 Å². The van der Waals surface area contributed by atoms with E-state index < -0.39 is 17.7 Å². The fourth-order valence-corrected chi connectivity index (χ4v) is 2.31. The highest BCUT2D eigenvalue weighted by atomic mass is 19.1. The molecule has 0 unspecified atom stereocenters. The van der Waals surface area contributed by atoms with E-state index >= 15 is 0 Å². The minimum Gasteiger partial charge on any atom is -0.465 e. The average Bonchev–Trinajstić information content (AvgIpc) is 2.68. The second-order valence-electron chi connectivity index (χ2n) is 5.39. The summed E-state index contributed by atoms with van der Waals surface area (Å²) in [5, 5.41) is 5.45. The number of carbonyl (C=O) groups is 2. The highest BCUT2D eigenvalue weighted by molar-refractivity contribution is 6.07. The number of methoxy groups -OCH3 is 1. The first-order valence-electron chi connectivity index (χ1n) is 7.91. The molecule has 1 heterocycles. The van der Waals surface area contributed by atoms with Gasteiger partial charge in [0, 0.05) is 11.9 Å². The Morgan fingerprint density at radius 1 is 1.07 bits per heavy atom. The zero-order chi connectivity index (χ0) is 19.2. The van der Waals surface area contributed by atoms with Crippen LogP contribution < -0.4 is 10.6 Å². The summed E-state index contributed by atoms with van der Waals surface area (Å²) in [6, 6.07) is 13.7. The van der Waals surface area contributed by atoms with E-state index in [0.717, 1.165) is 0 Å². The Labute approximate surface area is 154 Å². The summed E-state index contributed by atoms with van der Waals surface area (Å²) in [4.78, 5) is 32.4. The molecule has 1 aromatic heterocycles. The molecule has 0 atom stereocenters. The topological polar surface area (TPSA) is 93.2 Å². The molecule has 7 nitrogen and oxygen atoms in total. The van der Waals surface area contributed by atoms with E-state index in [1.54, 1.807) is 30.3 Å². The molecule has 136 valence electrons. The van der Waals surface area contributed by atoms with Crippen LogP contribution in [-0.2, 0) is 4.74 Å². The van der Waals surface area contributed by atoms with Crippen molar-refractivity contribution in [3.05, 3.63) is 77.9 Å². The monoisotopic (exact) mass is 366 g/mol. The molecule has 3 aromatic rings. The van der Waals surface area contributed by atoms with Crippen LogP contribution in [0.4, 0.5) is 21.7 Å². The highest BCUT2D eigenvalue weighted by Crippen LogP contribution is 2.18. The molecule has 1 amide bonds. The molecule has 2 aromatic carbocycles. The van der Waals surface area contributed by atoms with Crippen LogP contribution in [0.25, 0.3) is 0 Å². The van der Waals surface area contributed by atoms with Gasteiger partial charge in [-0.2, -0.15) is 0 Å². The standard InChI is InChI=1S/C19H15FN4O3/c1-27-18(26)14-7-2-3-8-15(14)23-17(25)16-9-10-21-19(24-16)22-13-6-4-5-12(20)11-13/h2-11H,1H3,(H,23,25)(H,21,22,24). The van der Waals surface area contributed by atoms with Gasteiger partial charge in [-0.25, -0.2) is 19.2 Å². The lowest BCUT2D eigenvalue weighted by atomic mass is 10.1. The van der Waals surface area contributed by atoms with Crippen LogP contribution in [0.15, 0.2) is 60.8 Å². The molecule has 0 saturated heterocycles. The van der Waals surface area contributed by atoms with E-state index in [-0.39, 0.29) is 17.2 Å². The summed E-state index contributed by atoms with van der Waals surface area (Å²) in [6.07, 6.45) is 1.40. The molecule has 0 bridgehead atoms. The lowest BCUT2D eigenvalue weighted by Crippen LogP contribution is -2.17. The number of ether oxygens (including phenoxy) is 1. The van der Waals surface area contributed by atoms with Crippen LogP contribution in [0.5, 0.6) is 0 Å². The Kier molecular flexibility index (Phi) is 5.36. The van der Waals surface area contributed by atoms with Crippen LogP contribution in [0.2, 0.25) is 0 Å². The smallest absolute Gasteiger partial charge is 0.339 e. The molecular weight excluding hydrogens is 351 g/mol. The SMILES string of the molecule is COC(=O)c1ccccc1NC(=O)c1ccnc(Nc2cccc(F)c2)n1. The Morgan fingerprint density at radius 3 is 2.67 bits per heavy atom. The van der Waals surface area contributed by atoms with Crippen molar-refractivity contribution in [2.75, 3.05) is 17.7 Å². The van der Waals surface area contributed by atoms with Gasteiger partial charge in [-0.3, -0.25) is 4.79 Å². The van der Waals surface area contributed by atoms with Gasteiger partial charge in [-0.1, -0.05) is 18.2 Å². The Balaban J connectivity index is 1.79. The van der Waals surface area contributed by atoms with E-state index in [9.17, 15) is 14.0 Å². The van der Waals surface area contributed by atoms with E-state index in [0.29, 0.717) is 11.4 Å². The van der Waals surface area contributed by atoms with Crippen molar-refractivity contribution in [1.82, 2.24) is 9.97 Å². The first-order valence-corrected chi connectivity index (χ1v) is 7.91. The molecule has 0 spiro atoms. The van der Waals surface area contributed by atoms with Crippen molar-refractivity contribution < 1.29 is 18.7 Å². The lowest BCUT2D eigenvalue weighted by molar-refractivity contribution is 0.0602. The van der Waals surface area contributed by atoms with Crippen LogP contribution in [0.3, 0.4) is 0 Å². The fraction of sp³-hybridized carbons (Fsp3) is 0.0526. The van der Waals surface area contributed by atoms with Crippen LogP contribution in [-0.4, -0.2) is 29.0 Å².